The zero-order valence-electron chi connectivity index (χ0n) is 13.3. The highest BCUT2D eigenvalue weighted by atomic mass is 35.7. The zero-order chi connectivity index (χ0) is 17.0. The SMILES string of the molecule is O=P1(Cl)c2ccccc2-c2ccccc2-c2c1ccc1ccccc21. The van der Waals surface area contributed by atoms with E-state index in [-0.39, 0.29) is 0 Å². The molecule has 0 aliphatic carbocycles. The van der Waals surface area contributed by atoms with Crippen molar-refractivity contribution in [3.05, 3.63) is 84.9 Å². The second-order valence-electron chi connectivity index (χ2n) is 6.28. The molecule has 0 bridgehead atoms. The van der Waals surface area contributed by atoms with Crippen LogP contribution in [0.5, 0.6) is 0 Å². The summed E-state index contributed by atoms with van der Waals surface area (Å²) in [6.45, 7) is -3.22. The summed E-state index contributed by atoms with van der Waals surface area (Å²) in [7, 11) is 0. The van der Waals surface area contributed by atoms with Gasteiger partial charge in [0.1, 0.15) is 0 Å². The first-order valence-electron chi connectivity index (χ1n) is 8.19. The van der Waals surface area contributed by atoms with Gasteiger partial charge < -0.3 is 0 Å². The molecule has 3 heteroatoms. The monoisotopic (exact) mass is 360 g/mol. The van der Waals surface area contributed by atoms with Crippen molar-refractivity contribution in [2.75, 3.05) is 0 Å². The lowest BCUT2D eigenvalue weighted by Gasteiger charge is -2.16. The van der Waals surface area contributed by atoms with Crippen LogP contribution >= 0.6 is 17.7 Å². The van der Waals surface area contributed by atoms with E-state index in [1.807, 2.05) is 60.7 Å². The van der Waals surface area contributed by atoms with Crippen LogP contribution < -0.4 is 10.6 Å². The Morgan fingerprint density at radius 1 is 0.600 bits per heavy atom. The Kier molecular flexibility index (Phi) is 3.19. The highest BCUT2D eigenvalue weighted by molar-refractivity contribution is 8.01. The van der Waals surface area contributed by atoms with Gasteiger partial charge in [-0.25, -0.2) is 0 Å². The van der Waals surface area contributed by atoms with E-state index in [0.29, 0.717) is 0 Å². The smallest absolute Gasteiger partial charge is 0.226 e. The zero-order valence-corrected chi connectivity index (χ0v) is 15.0. The van der Waals surface area contributed by atoms with Crippen LogP contribution in [0.25, 0.3) is 33.0 Å². The highest BCUT2D eigenvalue weighted by Gasteiger charge is 2.34. The molecule has 1 aliphatic heterocycles. The van der Waals surface area contributed by atoms with Crippen LogP contribution in [0.3, 0.4) is 0 Å². The van der Waals surface area contributed by atoms with Gasteiger partial charge in [0.15, 0.2) is 0 Å². The number of hydrogen-bond donors (Lipinski definition) is 0. The van der Waals surface area contributed by atoms with Gasteiger partial charge in [-0.2, -0.15) is 0 Å². The maximum Gasteiger partial charge on any atom is 0.226 e. The predicted octanol–water partition coefficient (Wildman–Crippen LogP) is 5.95. The third-order valence-electron chi connectivity index (χ3n) is 4.92. The van der Waals surface area contributed by atoms with Gasteiger partial charge in [0.2, 0.25) is 6.49 Å². The van der Waals surface area contributed by atoms with Gasteiger partial charge in [-0.05, 0) is 50.8 Å². The van der Waals surface area contributed by atoms with Crippen molar-refractivity contribution in [1.29, 1.82) is 0 Å². The Bertz CT molecular complexity index is 1200. The molecule has 0 saturated carbocycles. The first-order valence-corrected chi connectivity index (χ1v) is 10.8. The van der Waals surface area contributed by atoms with Crippen LogP contribution in [0.1, 0.15) is 0 Å². The molecule has 5 rings (SSSR count). The lowest BCUT2D eigenvalue weighted by molar-refractivity contribution is 0.595. The van der Waals surface area contributed by atoms with Gasteiger partial charge in [-0.15, -0.1) is 0 Å². The highest BCUT2D eigenvalue weighted by Crippen LogP contribution is 2.56. The van der Waals surface area contributed by atoms with E-state index in [1.165, 1.54) is 0 Å². The molecule has 0 amide bonds. The van der Waals surface area contributed by atoms with Crippen molar-refractivity contribution in [3.63, 3.8) is 0 Å². The Hall–Kier alpha value is -2.34. The summed E-state index contributed by atoms with van der Waals surface area (Å²) in [5.74, 6) is 0. The van der Waals surface area contributed by atoms with E-state index in [9.17, 15) is 4.57 Å². The maximum absolute atomic E-state index is 13.8. The lowest BCUT2D eigenvalue weighted by Crippen LogP contribution is -2.14. The number of fused-ring (bicyclic) bond motifs is 7. The van der Waals surface area contributed by atoms with Gasteiger partial charge in [0.05, 0.1) is 0 Å². The summed E-state index contributed by atoms with van der Waals surface area (Å²) in [6.07, 6.45) is 0. The van der Waals surface area contributed by atoms with Crippen LogP contribution in [0.2, 0.25) is 0 Å². The first kappa shape index (κ1) is 15.0. The topological polar surface area (TPSA) is 17.1 Å². The number of hydrogen-bond acceptors (Lipinski definition) is 1. The van der Waals surface area contributed by atoms with Gasteiger partial charge in [0.25, 0.3) is 0 Å². The standard InChI is InChI=1S/C22H14ClOP/c23-25(24)20-12-6-5-10-18(20)17-9-3-4-11-19(17)22-16-8-2-1-7-15(16)13-14-21(22)25/h1-14H. The minimum atomic E-state index is -3.22. The van der Waals surface area contributed by atoms with Crippen molar-refractivity contribution in [3.8, 4) is 22.3 Å². The molecule has 1 nitrogen and oxygen atoms in total. The normalized spacial score (nSPS) is 18.1. The molecule has 0 spiro atoms. The number of benzene rings is 4. The van der Waals surface area contributed by atoms with Crippen molar-refractivity contribution >= 4 is 39.1 Å². The van der Waals surface area contributed by atoms with Crippen molar-refractivity contribution in [2.45, 2.75) is 0 Å². The van der Waals surface area contributed by atoms with Crippen molar-refractivity contribution in [2.24, 2.45) is 0 Å². The summed E-state index contributed by atoms with van der Waals surface area (Å²) >= 11 is 6.78. The summed E-state index contributed by atoms with van der Waals surface area (Å²) < 4.78 is 13.8. The summed E-state index contributed by atoms with van der Waals surface area (Å²) in [5.41, 5.74) is 4.11. The third kappa shape index (κ3) is 2.07. The molecule has 0 aromatic heterocycles. The maximum atomic E-state index is 13.8. The van der Waals surface area contributed by atoms with Crippen LogP contribution in [-0.2, 0) is 4.57 Å². The van der Waals surface area contributed by atoms with Gasteiger partial charge in [-0.1, -0.05) is 72.8 Å². The fraction of sp³-hybridized carbons (Fsp3) is 0. The van der Waals surface area contributed by atoms with E-state index in [2.05, 4.69) is 24.3 Å². The van der Waals surface area contributed by atoms with Crippen LogP contribution in [-0.4, -0.2) is 0 Å². The summed E-state index contributed by atoms with van der Waals surface area (Å²) in [6, 6.07) is 28.2. The van der Waals surface area contributed by atoms with Crippen molar-refractivity contribution in [1.82, 2.24) is 0 Å². The molecule has 4 aromatic carbocycles. The average Bonchev–Trinajstić information content (AvgIpc) is 2.74. The third-order valence-corrected chi connectivity index (χ3v) is 8.01. The van der Waals surface area contributed by atoms with E-state index in [1.54, 1.807) is 0 Å². The molecule has 1 aliphatic rings. The van der Waals surface area contributed by atoms with E-state index >= 15 is 0 Å². The van der Waals surface area contributed by atoms with E-state index in [0.717, 1.165) is 43.6 Å². The second kappa shape index (κ2) is 5.33. The average molecular weight is 361 g/mol. The van der Waals surface area contributed by atoms with Gasteiger partial charge in [-0.3, -0.25) is 4.57 Å². The lowest BCUT2D eigenvalue weighted by atomic mass is 9.91. The van der Waals surface area contributed by atoms with Crippen LogP contribution in [0.4, 0.5) is 0 Å². The summed E-state index contributed by atoms with van der Waals surface area (Å²) in [4.78, 5) is 0. The van der Waals surface area contributed by atoms with E-state index < -0.39 is 6.49 Å². The number of halogens is 1. The Morgan fingerprint density at radius 2 is 1.24 bits per heavy atom. The van der Waals surface area contributed by atoms with Gasteiger partial charge >= 0.3 is 0 Å². The van der Waals surface area contributed by atoms with Crippen molar-refractivity contribution < 1.29 is 4.57 Å². The Labute approximate surface area is 151 Å². The Balaban J connectivity index is 2.06. The number of rotatable bonds is 0. The molecule has 0 saturated heterocycles. The second-order valence-corrected chi connectivity index (χ2v) is 9.73. The largest absolute Gasteiger partial charge is 0.296 e. The molecule has 1 unspecified atom stereocenters. The molecule has 1 atom stereocenters. The molecular weight excluding hydrogens is 347 g/mol. The molecule has 25 heavy (non-hydrogen) atoms. The predicted molar refractivity (Wildman–Crippen MR) is 108 cm³/mol. The quantitative estimate of drug-likeness (QED) is 0.354. The minimum Gasteiger partial charge on any atom is -0.296 e. The molecular formula is C22H14ClOP. The molecule has 120 valence electrons. The minimum absolute atomic E-state index is 0.721. The van der Waals surface area contributed by atoms with Crippen LogP contribution in [0, 0.1) is 0 Å². The fourth-order valence-electron chi connectivity index (χ4n) is 3.80. The first-order chi connectivity index (χ1) is 12.2. The molecule has 0 radical (unpaired) electrons. The molecule has 0 fully saturated rings. The Morgan fingerprint density at radius 3 is 2.08 bits per heavy atom. The van der Waals surface area contributed by atoms with Crippen LogP contribution in [0.15, 0.2) is 84.9 Å². The molecule has 4 aromatic rings. The van der Waals surface area contributed by atoms with Gasteiger partial charge in [0, 0.05) is 16.2 Å². The van der Waals surface area contributed by atoms with E-state index in [4.69, 9.17) is 11.2 Å². The fourth-order valence-corrected chi connectivity index (χ4v) is 6.50. The summed E-state index contributed by atoms with van der Waals surface area (Å²) in [5, 5.41) is 3.66. The molecule has 0 N–H and O–H groups in total. The molecule has 1 heterocycles.